The summed E-state index contributed by atoms with van der Waals surface area (Å²) in [5.74, 6) is 3.67. The lowest BCUT2D eigenvalue weighted by atomic mass is 9.98. The molecule has 0 bridgehead atoms. The van der Waals surface area contributed by atoms with Gasteiger partial charge in [-0.2, -0.15) is 0 Å². The maximum Gasteiger partial charge on any atom is 0.164 e. The molecule has 0 aliphatic rings. The fraction of sp³-hybridized carbons (Fsp3) is 0. The third kappa shape index (κ3) is 6.90. The maximum atomic E-state index is 6.94. The van der Waals surface area contributed by atoms with Crippen LogP contribution in [0.4, 0.5) is 0 Å². The van der Waals surface area contributed by atoms with Gasteiger partial charge >= 0.3 is 0 Å². The second-order valence-electron chi connectivity index (χ2n) is 14.7. The van der Waals surface area contributed by atoms with Gasteiger partial charge in [0, 0.05) is 55.3 Å². The first-order valence-electron chi connectivity index (χ1n) is 20.1. The van der Waals surface area contributed by atoms with Gasteiger partial charge in [0.15, 0.2) is 34.9 Å². The fourth-order valence-corrected chi connectivity index (χ4v) is 7.80. The highest BCUT2D eigenvalue weighted by atomic mass is 16.3. The van der Waals surface area contributed by atoms with Crippen LogP contribution in [0.2, 0.25) is 0 Å². The molecule has 0 atom stereocenters. The fourth-order valence-electron chi connectivity index (χ4n) is 7.80. The summed E-state index contributed by atoms with van der Waals surface area (Å²) < 4.78 is 6.94. The highest BCUT2D eigenvalue weighted by Crippen LogP contribution is 2.41. The minimum Gasteiger partial charge on any atom is -0.455 e. The topological polar surface area (TPSA) is 90.5 Å². The van der Waals surface area contributed by atoms with Crippen LogP contribution in [0.3, 0.4) is 0 Å². The molecule has 0 aliphatic heterocycles. The zero-order valence-corrected chi connectivity index (χ0v) is 32.7. The Morgan fingerprint density at radius 2 is 0.492 bits per heavy atom. The molecule has 0 N–H and O–H groups in total. The molecule has 61 heavy (non-hydrogen) atoms. The third-order valence-corrected chi connectivity index (χ3v) is 10.8. The number of benzene rings is 8. The summed E-state index contributed by atoms with van der Waals surface area (Å²) in [6.07, 6.45) is 0. The van der Waals surface area contributed by atoms with E-state index >= 15 is 0 Å². The molecule has 0 unspecified atom stereocenters. The van der Waals surface area contributed by atoms with Gasteiger partial charge in [0.25, 0.3) is 0 Å². The van der Waals surface area contributed by atoms with Crippen LogP contribution in [0.1, 0.15) is 0 Å². The number of fused-ring (bicyclic) bond motifs is 3. The molecule has 8 aromatic carbocycles. The van der Waals surface area contributed by atoms with Crippen LogP contribution in [0.15, 0.2) is 211 Å². The van der Waals surface area contributed by atoms with E-state index in [1.165, 1.54) is 0 Å². The minimum atomic E-state index is 0.596. The number of hydrogen-bond acceptors (Lipinski definition) is 7. The Labute approximate surface area is 351 Å². The van der Waals surface area contributed by atoms with E-state index in [-0.39, 0.29) is 0 Å². The lowest BCUT2D eigenvalue weighted by molar-refractivity contribution is 0.671. The van der Waals surface area contributed by atoms with Crippen molar-refractivity contribution in [3.05, 3.63) is 206 Å². The molecule has 7 heteroatoms. The van der Waals surface area contributed by atoms with Gasteiger partial charge in [-0.1, -0.05) is 194 Å². The molecule has 11 aromatic rings. The molecule has 0 fully saturated rings. The first-order chi connectivity index (χ1) is 30.2. The van der Waals surface area contributed by atoms with E-state index in [9.17, 15) is 0 Å². The van der Waals surface area contributed by atoms with E-state index in [0.717, 1.165) is 77.6 Å². The van der Waals surface area contributed by atoms with Crippen molar-refractivity contribution in [1.82, 2.24) is 29.9 Å². The van der Waals surface area contributed by atoms with E-state index in [0.29, 0.717) is 34.9 Å². The largest absolute Gasteiger partial charge is 0.455 e. The molecule has 0 amide bonds. The molecule has 0 radical (unpaired) electrons. The van der Waals surface area contributed by atoms with E-state index < -0.39 is 0 Å². The van der Waals surface area contributed by atoms with E-state index in [1.807, 2.05) is 146 Å². The van der Waals surface area contributed by atoms with E-state index in [4.69, 9.17) is 34.3 Å². The predicted octanol–water partition coefficient (Wildman–Crippen LogP) is 13.3. The van der Waals surface area contributed by atoms with Gasteiger partial charge in [0.05, 0.1) is 0 Å². The van der Waals surface area contributed by atoms with Gasteiger partial charge in [-0.25, -0.2) is 29.9 Å². The number of rotatable bonds is 8. The lowest BCUT2D eigenvalue weighted by Gasteiger charge is -2.10. The van der Waals surface area contributed by atoms with Crippen molar-refractivity contribution in [1.29, 1.82) is 0 Å². The number of nitrogens with zero attached hydrogens (tertiary/aromatic N) is 6. The Kier molecular flexibility index (Phi) is 9.02. The van der Waals surface area contributed by atoms with Gasteiger partial charge in [-0.05, 0) is 23.3 Å². The summed E-state index contributed by atoms with van der Waals surface area (Å²) in [7, 11) is 0. The number of furan rings is 1. The summed E-state index contributed by atoms with van der Waals surface area (Å²) >= 11 is 0. The SMILES string of the molecule is c1ccc(-c2nc(-c3ccccc3)nc(-c3cccc(-c4cccc5c4oc4c(-c6cccc(-c7nc(-c8ccccc8)nc(-c8ccccc8)n7)c6)cccc45)c3)n2)cc1. The Hall–Kier alpha value is -8.42. The molecule has 0 saturated carbocycles. The molecular weight excluding hydrogens is 749 g/mol. The zero-order chi connectivity index (χ0) is 40.5. The van der Waals surface area contributed by atoms with Crippen LogP contribution in [-0.4, -0.2) is 29.9 Å². The summed E-state index contributed by atoms with van der Waals surface area (Å²) in [6.45, 7) is 0. The van der Waals surface area contributed by atoms with Crippen molar-refractivity contribution in [2.24, 2.45) is 0 Å². The molecular formula is C54H34N6O. The average Bonchev–Trinajstić information content (AvgIpc) is 3.74. The minimum absolute atomic E-state index is 0.596. The second-order valence-corrected chi connectivity index (χ2v) is 14.7. The van der Waals surface area contributed by atoms with Gasteiger partial charge < -0.3 is 4.42 Å². The number of aromatic nitrogens is 6. The lowest BCUT2D eigenvalue weighted by Crippen LogP contribution is -2.00. The van der Waals surface area contributed by atoms with Crippen LogP contribution in [0.5, 0.6) is 0 Å². The number of para-hydroxylation sites is 2. The first kappa shape index (κ1) is 35.7. The van der Waals surface area contributed by atoms with Gasteiger partial charge in [-0.15, -0.1) is 0 Å². The van der Waals surface area contributed by atoms with Crippen LogP contribution in [0, 0.1) is 0 Å². The van der Waals surface area contributed by atoms with Gasteiger partial charge in [0.2, 0.25) is 0 Å². The molecule has 0 aliphatic carbocycles. The monoisotopic (exact) mass is 782 g/mol. The second kappa shape index (κ2) is 15.4. The first-order valence-corrected chi connectivity index (χ1v) is 20.1. The Morgan fingerprint density at radius 1 is 0.230 bits per heavy atom. The Morgan fingerprint density at radius 3 is 0.820 bits per heavy atom. The summed E-state index contributed by atoms with van der Waals surface area (Å²) in [6, 6.07) is 69.4. The maximum absolute atomic E-state index is 6.94. The molecule has 0 spiro atoms. The number of hydrogen-bond donors (Lipinski definition) is 0. The summed E-state index contributed by atoms with van der Waals surface area (Å²) in [5.41, 5.74) is 11.0. The van der Waals surface area contributed by atoms with Crippen LogP contribution >= 0.6 is 0 Å². The van der Waals surface area contributed by atoms with E-state index in [1.54, 1.807) is 0 Å². The third-order valence-electron chi connectivity index (χ3n) is 10.8. The van der Waals surface area contributed by atoms with Crippen molar-refractivity contribution in [2.75, 3.05) is 0 Å². The Bertz CT molecular complexity index is 3010. The van der Waals surface area contributed by atoms with Gasteiger partial charge in [-0.3, -0.25) is 0 Å². The zero-order valence-electron chi connectivity index (χ0n) is 32.7. The molecule has 3 aromatic heterocycles. The highest BCUT2D eigenvalue weighted by molar-refractivity contribution is 6.13. The average molecular weight is 783 g/mol. The molecule has 0 saturated heterocycles. The van der Waals surface area contributed by atoms with E-state index in [2.05, 4.69) is 60.7 Å². The molecule has 3 heterocycles. The van der Waals surface area contributed by atoms with Crippen molar-refractivity contribution < 1.29 is 4.42 Å². The molecule has 7 nitrogen and oxygen atoms in total. The predicted molar refractivity (Wildman–Crippen MR) is 244 cm³/mol. The normalized spacial score (nSPS) is 11.3. The van der Waals surface area contributed by atoms with Crippen LogP contribution < -0.4 is 0 Å². The standard InChI is InChI=1S/C54H34N6O/c1-5-17-35(18-6-1)49-55-50(36-19-7-2-8-20-36)58-53(57-49)41-27-13-25-39(33-41)43-29-15-31-45-46-32-16-30-44(48(46)61-47(43)45)40-26-14-28-42(34-40)54-59-51(37-21-9-3-10-22-37)56-52(60-54)38-23-11-4-12-24-38/h1-34H. The van der Waals surface area contributed by atoms with Crippen molar-refractivity contribution >= 4 is 21.9 Å². The van der Waals surface area contributed by atoms with Crippen LogP contribution in [0.25, 0.3) is 113 Å². The highest BCUT2D eigenvalue weighted by Gasteiger charge is 2.19. The molecule has 286 valence electrons. The van der Waals surface area contributed by atoms with Gasteiger partial charge in [0.1, 0.15) is 11.2 Å². The molecule has 11 rings (SSSR count). The van der Waals surface area contributed by atoms with Crippen LogP contribution in [-0.2, 0) is 0 Å². The summed E-state index contributed by atoms with van der Waals surface area (Å²) in [5, 5.41) is 2.07. The van der Waals surface area contributed by atoms with Crippen molar-refractivity contribution in [3.8, 4) is 90.6 Å². The summed E-state index contributed by atoms with van der Waals surface area (Å²) in [4.78, 5) is 29.7. The quantitative estimate of drug-likeness (QED) is 0.152. The van der Waals surface area contributed by atoms with Crippen molar-refractivity contribution in [3.63, 3.8) is 0 Å². The smallest absolute Gasteiger partial charge is 0.164 e. The van der Waals surface area contributed by atoms with Crippen molar-refractivity contribution in [2.45, 2.75) is 0 Å². The Balaban J connectivity index is 1.00.